The number of rotatable bonds is 4. The number of benzene rings is 1. The molecule has 19 heavy (non-hydrogen) atoms. The van der Waals surface area contributed by atoms with Crippen molar-refractivity contribution in [1.82, 2.24) is 9.97 Å². The number of halogens is 1. The number of aryl methyl sites for hydroxylation is 1. The van der Waals surface area contributed by atoms with Crippen molar-refractivity contribution in [3.05, 3.63) is 40.1 Å². The smallest absolute Gasteiger partial charge is 0.139 e. The van der Waals surface area contributed by atoms with Crippen LogP contribution in [0.5, 0.6) is 0 Å². The van der Waals surface area contributed by atoms with E-state index in [1.807, 2.05) is 13.1 Å². The summed E-state index contributed by atoms with van der Waals surface area (Å²) in [6, 6.07) is 6.18. The van der Waals surface area contributed by atoms with Crippen LogP contribution in [0.3, 0.4) is 0 Å². The van der Waals surface area contributed by atoms with Crippen LogP contribution in [0.1, 0.15) is 18.1 Å². The topological polar surface area (TPSA) is 49.8 Å². The van der Waals surface area contributed by atoms with Gasteiger partial charge in [0.25, 0.3) is 0 Å². The summed E-state index contributed by atoms with van der Waals surface area (Å²) in [5.74, 6) is 1.71. The number of hydrogen-bond donors (Lipinski definition) is 2. The normalized spacial score (nSPS) is 10.3. The Hall–Kier alpha value is -1.62. The lowest BCUT2D eigenvalue weighted by atomic mass is 10.2. The number of aromatic nitrogens is 2. The van der Waals surface area contributed by atoms with Gasteiger partial charge in [0.1, 0.15) is 18.0 Å². The largest absolute Gasteiger partial charge is 0.373 e. The maximum Gasteiger partial charge on any atom is 0.139 e. The molecular formula is C14H17BrN4. The summed E-state index contributed by atoms with van der Waals surface area (Å²) in [4.78, 5) is 8.58. The van der Waals surface area contributed by atoms with Gasteiger partial charge in [-0.05, 0) is 47.0 Å². The highest BCUT2D eigenvalue weighted by Gasteiger charge is 2.10. The summed E-state index contributed by atoms with van der Waals surface area (Å²) in [6.07, 6.45) is 2.43. The third kappa shape index (κ3) is 3.04. The zero-order chi connectivity index (χ0) is 13.8. The van der Waals surface area contributed by atoms with Gasteiger partial charge in [0.05, 0.1) is 5.69 Å². The molecule has 0 bridgehead atoms. The van der Waals surface area contributed by atoms with Crippen molar-refractivity contribution in [2.75, 3.05) is 17.7 Å². The Morgan fingerprint density at radius 1 is 1.21 bits per heavy atom. The van der Waals surface area contributed by atoms with E-state index in [4.69, 9.17) is 0 Å². The molecule has 0 aliphatic carbocycles. The standard InChI is InChI=1S/C14H17BrN4/c1-4-10-13(16-3)17-8-18-14(10)19-12-7-9(2)5-6-11(12)15/h5-8H,4H2,1-3H3,(H2,16,17,18,19). The average molecular weight is 321 g/mol. The molecule has 0 amide bonds. The zero-order valence-electron chi connectivity index (χ0n) is 11.3. The molecular weight excluding hydrogens is 304 g/mol. The first-order valence-corrected chi connectivity index (χ1v) is 6.99. The number of anilines is 3. The highest BCUT2D eigenvalue weighted by atomic mass is 79.9. The molecule has 0 spiro atoms. The summed E-state index contributed by atoms with van der Waals surface area (Å²) in [5.41, 5.74) is 3.29. The van der Waals surface area contributed by atoms with E-state index in [-0.39, 0.29) is 0 Å². The van der Waals surface area contributed by atoms with Gasteiger partial charge in [-0.3, -0.25) is 0 Å². The Bertz CT molecular complexity index is 584. The van der Waals surface area contributed by atoms with Gasteiger partial charge in [-0.15, -0.1) is 0 Å². The van der Waals surface area contributed by atoms with Crippen molar-refractivity contribution >= 4 is 33.3 Å². The Morgan fingerprint density at radius 3 is 2.63 bits per heavy atom. The molecule has 1 aromatic carbocycles. The van der Waals surface area contributed by atoms with Crippen molar-refractivity contribution in [2.24, 2.45) is 0 Å². The quantitative estimate of drug-likeness (QED) is 0.897. The molecule has 2 aromatic rings. The lowest BCUT2D eigenvalue weighted by Gasteiger charge is -2.14. The van der Waals surface area contributed by atoms with Crippen LogP contribution in [0.2, 0.25) is 0 Å². The molecule has 0 radical (unpaired) electrons. The minimum Gasteiger partial charge on any atom is -0.373 e. The van der Waals surface area contributed by atoms with Crippen molar-refractivity contribution < 1.29 is 0 Å². The van der Waals surface area contributed by atoms with E-state index >= 15 is 0 Å². The second-order valence-electron chi connectivity index (χ2n) is 4.26. The predicted molar refractivity (Wildman–Crippen MR) is 83.1 cm³/mol. The fourth-order valence-corrected chi connectivity index (χ4v) is 2.28. The highest BCUT2D eigenvalue weighted by molar-refractivity contribution is 9.10. The van der Waals surface area contributed by atoms with Crippen LogP contribution in [0.25, 0.3) is 0 Å². The molecule has 0 aliphatic rings. The van der Waals surface area contributed by atoms with Crippen molar-refractivity contribution in [2.45, 2.75) is 20.3 Å². The molecule has 0 fully saturated rings. The first-order valence-electron chi connectivity index (χ1n) is 6.20. The van der Waals surface area contributed by atoms with Gasteiger partial charge in [0.15, 0.2) is 0 Å². The minimum absolute atomic E-state index is 0.841. The molecule has 0 saturated carbocycles. The maximum absolute atomic E-state index is 4.34. The van der Waals surface area contributed by atoms with E-state index < -0.39 is 0 Å². The van der Waals surface area contributed by atoms with Crippen LogP contribution in [0, 0.1) is 6.92 Å². The summed E-state index contributed by atoms with van der Waals surface area (Å²) < 4.78 is 1.02. The molecule has 4 nitrogen and oxygen atoms in total. The minimum atomic E-state index is 0.841. The van der Waals surface area contributed by atoms with Crippen LogP contribution in [-0.2, 0) is 6.42 Å². The van der Waals surface area contributed by atoms with E-state index in [1.54, 1.807) is 6.33 Å². The third-order valence-electron chi connectivity index (χ3n) is 2.91. The SMILES string of the molecule is CCc1c(NC)ncnc1Nc1cc(C)ccc1Br. The average Bonchev–Trinajstić information content (AvgIpc) is 2.42. The molecule has 5 heteroatoms. The van der Waals surface area contributed by atoms with Crippen LogP contribution < -0.4 is 10.6 Å². The van der Waals surface area contributed by atoms with Crippen molar-refractivity contribution in [3.63, 3.8) is 0 Å². The third-order valence-corrected chi connectivity index (χ3v) is 3.60. The van der Waals surface area contributed by atoms with Gasteiger partial charge in [-0.2, -0.15) is 0 Å². The van der Waals surface area contributed by atoms with E-state index in [2.05, 4.69) is 62.5 Å². The van der Waals surface area contributed by atoms with Gasteiger partial charge in [0, 0.05) is 17.1 Å². The lowest BCUT2D eigenvalue weighted by molar-refractivity contribution is 1.05. The molecule has 100 valence electrons. The molecule has 0 aliphatic heterocycles. The monoisotopic (exact) mass is 320 g/mol. The van der Waals surface area contributed by atoms with Gasteiger partial charge in [-0.1, -0.05) is 13.0 Å². The van der Waals surface area contributed by atoms with Crippen LogP contribution in [-0.4, -0.2) is 17.0 Å². The molecule has 1 heterocycles. The highest BCUT2D eigenvalue weighted by Crippen LogP contribution is 2.29. The lowest BCUT2D eigenvalue weighted by Crippen LogP contribution is -2.05. The molecule has 2 N–H and O–H groups in total. The number of nitrogens with one attached hydrogen (secondary N) is 2. The first-order chi connectivity index (χ1) is 9.15. The Kier molecular flexibility index (Phi) is 4.37. The van der Waals surface area contributed by atoms with E-state index in [1.165, 1.54) is 5.56 Å². The summed E-state index contributed by atoms with van der Waals surface area (Å²) >= 11 is 3.55. The fourth-order valence-electron chi connectivity index (χ4n) is 1.93. The van der Waals surface area contributed by atoms with Gasteiger partial charge >= 0.3 is 0 Å². The predicted octanol–water partition coefficient (Wildman–Crippen LogP) is 3.90. The number of nitrogens with zero attached hydrogens (tertiary/aromatic N) is 2. The van der Waals surface area contributed by atoms with E-state index in [9.17, 15) is 0 Å². The Morgan fingerprint density at radius 2 is 1.95 bits per heavy atom. The Balaban J connectivity index is 2.40. The van der Waals surface area contributed by atoms with Crippen molar-refractivity contribution in [3.8, 4) is 0 Å². The summed E-state index contributed by atoms with van der Waals surface area (Å²) in [7, 11) is 1.87. The molecule has 0 atom stereocenters. The summed E-state index contributed by atoms with van der Waals surface area (Å²) in [5, 5.41) is 6.47. The molecule has 0 saturated heterocycles. The molecule has 2 rings (SSSR count). The van der Waals surface area contributed by atoms with Gasteiger partial charge in [0.2, 0.25) is 0 Å². The first kappa shape index (κ1) is 13.8. The maximum atomic E-state index is 4.34. The second-order valence-corrected chi connectivity index (χ2v) is 5.12. The zero-order valence-corrected chi connectivity index (χ0v) is 12.9. The van der Waals surface area contributed by atoms with E-state index in [0.29, 0.717) is 0 Å². The van der Waals surface area contributed by atoms with Gasteiger partial charge < -0.3 is 10.6 Å². The molecule has 1 aromatic heterocycles. The molecule has 0 unspecified atom stereocenters. The van der Waals surface area contributed by atoms with Gasteiger partial charge in [-0.25, -0.2) is 9.97 Å². The summed E-state index contributed by atoms with van der Waals surface area (Å²) in [6.45, 7) is 4.16. The Labute approximate surface area is 121 Å². The van der Waals surface area contributed by atoms with Crippen LogP contribution in [0.4, 0.5) is 17.3 Å². The second kappa shape index (κ2) is 6.02. The van der Waals surface area contributed by atoms with Crippen LogP contribution >= 0.6 is 15.9 Å². The fraction of sp³-hybridized carbons (Fsp3) is 0.286. The van der Waals surface area contributed by atoms with Crippen LogP contribution in [0.15, 0.2) is 29.0 Å². The number of hydrogen-bond acceptors (Lipinski definition) is 4. The van der Waals surface area contributed by atoms with Crippen molar-refractivity contribution in [1.29, 1.82) is 0 Å². The van der Waals surface area contributed by atoms with E-state index in [0.717, 1.165) is 33.8 Å².